The van der Waals surface area contributed by atoms with Crippen LogP contribution in [0.4, 0.5) is 11.4 Å². The van der Waals surface area contributed by atoms with Crippen LogP contribution in [0.5, 0.6) is 0 Å². The number of nitrogens with zero attached hydrogens (tertiary/aromatic N) is 2. The third-order valence-electron chi connectivity index (χ3n) is 4.50. The predicted molar refractivity (Wildman–Crippen MR) is 88.8 cm³/mol. The van der Waals surface area contributed by atoms with Crippen LogP contribution in [0.15, 0.2) is 60.3 Å². The molecule has 1 amide bonds. The van der Waals surface area contributed by atoms with Crippen molar-refractivity contribution >= 4 is 22.9 Å². The Morgan fingerprint density at radius 3 is 2.41 bits per heavy atom. The number of rotatable bonds is 1. The van der Waals surface area contributed by atoms with Gasteiger partial charge in [-0.25, -0.2) is 0 Å². The summed E-state index contributed by atoms with van der Waals surface area (Å²) in [6.45, 7) is 1.03. The van der Waals surface area contributed by atoms with Crippen molar-refractivity contribution < 1.29 is 4.79 Å². The van der Waals surface area contributed by atoms with Gasteiger partial charge in [-0.15, -0.1) is 0 Å². The van der Waals surface area contributed by atoms with Crippen LogP contribution in [0.1, 0.15) is 18.4 Å². The zero-order valence-corrected chi connectivity index (χ0v) is 12.6. The van der Waals surface area contributed by atoms with E-state index in [9.17, 15) is 4.79 Å². The molecule has 110 valence electrons. The summed E-state index contributed by atoms with van der Waals surface area (Å²) in [6.07, 6.45) is 2.10. The lowest BCUT2D eigenvalue weighted by Crippen LogP contribution is -2.22. The van der Waals surface area contributed by atoms with Crippen molar-refractivity contribution in [2.75, 3.05) is 18.5 Å². The summed E-state index contributed by atoms with van der Waals surface area (Å²) in [5.41, 5.74) is 5.02. The molecule has 0 radical (unpaired) electrons. The molecule has 2 aromatic rings. The van der Waals surface area contributed by atoms with Gasteiger partial charge in [0.1, 0.15) is 0 Å². The average Bonchev–Trinajstić information content (AvgIpc) is 3.08. The standard InChI is InChI=1S/C19H18N2O/c1-20-13-7-12-17(20)18-15-10-5-6-11-16(15)21(19(18)22)14-8-3-2-4-9-14/h2-6,8-11H,7,12-13H2,1H3/b18-17-. The minimum Gasteiger partial charge on any atom is -0.377 e. The molecule has 0 N–H and O–H groups in total. The minimum atomic E-state index is 0.0937. The van der Waals surface area contributed by atoms with Crippen molar-refractivity contribution in [3.8, 4) is 0 Å². The topological polar surface area (TPSA) is 23.6 Å². The van der Waals surface area contributed by atoms with Gasteiger partial charge in [-0.05, 0) is 31.0 Å². The SMILES string of the molecule is CN1CCC/C1=C1/C(=O)N(c2ccccc2)c2ccccc21. The van der Waals surface area contributed by atoms with Crippen LogP contribution in [-0.4, -0.2) is 24.4 Å². The molecule has 1 saturated heterocycles. The Balaban J connectivity index is 1.93. The minimum absolute atomic E-state index is 0.0937. The molecule has 3 heteroatoms. The zero-order chi connectivity index (χ0) is 15.1. The van der Waals surface area contributed by atoms with Gasteiger partial charge in [-0.2, -0.15) is 0 Å². The van der Waals surface area contributed by atoms with E-state index in [-0.39, 0.29) is 5.91 Å². The van der Waals surface area contributed by atoms with Gasteiger partial charge in [-0.1, -0.05) is 36.4 Å². The highest BCUT2D eigenvalue weighted by atomic mass is 16.2. The summed E-state index contributed by atoms with van der Waals surface area (Å²) in [5, 5.41) is 0. The molecule has 0 bridgehead atoms. The summed E-state index contributed by atoms with van der Waals surface area (Å²) in [5.74, 6) is 0.0937. The number of carbonyl (C=O) groups is 1. The van der Waals surface area contributed by atoms with Crippen LogP contribution in [0.25, 0.3) is 5.57 Å². The van der Waals surface area contributed by atoms with Crippen molar-refractivity contribution in [1.29, 1.82) is 0 Å². The van der Waals surface area contributed by atoms with Crippen LogP contribution >= 0.6 is 0 Å². The highest BCUT2D eigenvalue weighted by Crippen LogP contribution is 2.44. The maximum atomic E-state index is 13.1. The lowest BCUT2D eigenvalue weighted by molar-refractivity contribution is -0.112. The first-order valence-corrected chi connectivity index (χ1v) is 7.70. The van der Waals surface area contributed by atoms with E-state index in [1.807, 2.05) is 53.4 Å². The molecule has 0 aliphatic carbocycles. The Labute approximate surface area is 130 Å². The Morgan fingerprint density at radius 2 is 1.68 bits per heavy atom. The molecule has 0 saturated carbocycles. The van der Waals surface area contributed by atoms with Gasteiger partial charge < -0.3 is 4.90 Å². The van der Waals surface area contributed by atoms with E-state index in [0.29, 0.717) is 0 Å². The van der Waals surface area contributed by atoms with Gasteiger partial charge in [0.15, 0.2) is 0 Å². The maximum Gasteiger partial charge on any atom is 0.265 e. The zero-order valence-electron chi connectivity index (χ0n) is 12.6. The first-order chi connectivity index (χ1) is 10.8. The van der Waals surface area contributed by atoms with Gasteiger partial charge in [0.25, 0.3) is 5.91 Å². The molecular formula is C19H18N2O. The fourth-order valence-electron chi connectivity index (χ4n) is 3.45. The highest BCUT2D eigenvalue weighted by molar-refractivity contribution is 6.35. The number of carbonyl (C=O) groups excluding carboxylic acids is 1. The number of allylic oxidation sites excluding steroid dienone is 1. The second-order valence-electron chi connectivity index (χ2n) is 5.84. The van der Waals surface area contributed by atoms with E-state index in [1.165, 1.54) is 5.70 Å². The lowest BCUT2D eigenvalue weighted by atomic mass is 10.0. The average molecular weight is 290 g/mol. The van der Waals surface area contributed by atoms with Gasteiger partial charge in [-0.3, -0.25) is 9.69 Å². The molecule has 0 spiro atoms. The number of amides is 1. The fourth-order valence-corrected chi connectivity index (χ4v) is 3.45. The Kier molecular flexibility index (Phi) is 3.00. The first kappa shape index (κ1) is 13.1. The number of hydrogen-bond acceptors (Lipinski definition) is 2. The molecule has 2 aliphatic heterocycles. The third-order valence-corrected chi connectivity index (χ3v) is 4.50. The Morgan fingerprint density at radius 1 is 0.955 bits per heavy atom. The second-order valence-corrected chi connectivity index (χ2v) is 5.84. The number of para-hydroxylation sites is 2. The fraction of sp³-hybridized carbons (Fsp3) is 0.211. The number of anilines is 2. The van der Waals surface area contributed by atoms with Gasteiger partial charge in [0.2, 0.25) is 0 Å². The van der Waals surface area contributed by atoms with Crippen LogP contribution < -0.4 is 4.90 Å². The van der Waals surface area contributed by atoms with Crippen molar-refractivity contribution in [3.63, 3.8) is 0 Å². The summed E-state index contributed by atoms with van der Waals surface area (Å²) < 4.78 is 0. The monoisotopic (exact) mass is 290 g/mol. The van der Waals surface area contributed by atoms with E-state index in [4.69, 9.17) is 0 Å². The number of fused-ring (bicyclic) bond motifs is 1. The summed E-state index contributed by atoms with van der Waals surface area (Å²) >= 11 is 0. The second kappa shape index (κ2) is 5.02. The lowest BCUT2D eigenvalue weighted by Gasteiger charge is -2.18. The van der Waals surface area contributed by atoms with E-state index >= 15 is 0 Å². The van der Waals surface area contributed by atoms with Crippen molar-refractivity contribution in [2.45, 2.75) is 12.8 Å². The first-order valence-electron chi connectivity index (χ1n) is 7.70. The van der Waals surface area contributed by atoms with E-state index in [2.05, 4.69) is 18.0 Å². The number of benzene rings is 2. The molecule has 2 heterocycles. The quantitative estimate of drug-likeness (QED) is 0.746. The molecule has 2 aliphatic rings. The van der Waals surface area contributed by atoms with Crippen LogP contribution in [0.3, 0.4) is 0 Å². The largest absolute Gasteiger partial charge is 0.377 e. The van der Waals surface area contributed by atoms with Crippen LogP contribution in [0.2, 0.25) is 0 Å². The predicted octanol–water partition coefficient (Wildman–Crippen LogP) is 3.80. The van der Waals surface area contributed by atoms with E-state index in [0.717, 1.165) is 41.9 Å². The molecule has 0 atom stereocenters. The molecule has 0 unspecified atom stereocenters. The summed E-state index contributed by atoms with van der Waals surface area (Å²) in [4.78, 5) is 17.2. The molecule has 3 nitrogen and oxygen atoms in total. The van der Waals surface area contributed by atoms with Crippen LogP contribution in [0, 0.1) is 0 Å². The van der Waals surface area contributed by atoms with Crippen molar-refractivity contribution in [1.82, 2.24) is 4.90 Å². The molecule has 4 rings (SSSR count). The van der Waals surface area contributed by atoms with Gasteiger partial charge in [0.05, 0.1) is 11.3 Å². The Hall–Kier alpha value is -2.55. The van der Waals surface area contributed by atoms with Crippen molar-refractivity contribution in [3.05, 3.63) is 65.9 Å². The Bertz CT molecular complexity index is 764. The van der Waals surface area contributed by atoms with E-state index < -0.39 is 0 Å². The number of likely N-dealkylation sites (tertiary alicyclic amines) is 1. The summed E-state index contributed by atoms with van der Waals surface area (Å²) in [6, 6.07) is 18.0. The highest BCUT2D eigenvalue weighted by Gasteiger charge is 2.36. The van der Waals surface area contributed by atoms with Gasteiger partial charge in [0, 0.05) is 30.5 Å². The molecule has 0 aromatic heterocycles. The molecule has 1 fully saturated rings. The molecule has 2 aromatic carbocycles. The summed E-state index contributed by atoms with van der Waals surface area (Å²) in [7, 11) is 2.08. The van der Waals surface area contributed by atoms with Crippen LogP contribution in [-0.2, 0) is 4.79 Å². The normalized spacial score (nSPS) is 20.7. The third kappa shape index (κ3) is 1.86. The molecule has 22 heavy (non-hydrogen) atoms. The van der Waals surface area contributed by atoms with Gasteiger partial charge >= 0.3 is 0 Å². The van der Waals surface area contributed by atoms with E-state index in [1.54, 1.807) is 0 Å². The maximum absolute atomic E-state index is 13.1. The number of hydrogen-bond donors (Lipinski definition) is 0. The smallest absolute Gasteiger partial charge is 0.265 e. The molecular weight excluding hydrogens is 272 g/mol. The van der Waals surface area contributed by atoms with Crippen molar-refractivity contribution in [2.24, 2.45) is 0 Å².